The lowest BCUT2D eigenvalue weighted by Crippen LogP contribution is -2.32. The summed E-state index contributed by atoms with van der Waals surface area (Å²) in [7, 11) is 0. The van der Waals surface area contributed by atoms with Crippen molar-refractivity contribution < 1.29 is 9.59 Å². The molecule has 0 bridgehead atoms. The van der Waals surface area contributed by atoms with Crippen molar-refractivity contribution in [1.29, 1.82) is 0 Å². The van der Waals surface area contributed by atoms with Crippen LogP contribution in [0.25, 0.3) is 0 Å². The Morgan fingerprint density at radius 1 is 1.55 bits per heavy atom. The Labute approximate surface area is 65.3 Å². The fourth-order valence-electron chi connectivity index (χ4n) is 1.18. The summed E-state index contributed by atoms with van der Waals surface area (Å²) < 4.78 is 0. The molecule has 2 atom stereocenters. The zero-order chi connectivity index (χ0) is 8.43. The first-order valence-electron chi connectivity index (χ1n) is 3.66. The number of nitrogens with one attached hydrogen (secondary N) is 2. The van der Waals surface area contributed by atoms with Gasteiger partial charge in [0.05, 0.1) is 6.04 Å². The minimum absolute atomic E-state index is 0.0278. The van der Waals surface area contributed by atoms with E-state index >= 15 is 0 Å². The van der Waals surface area contributed by atoms with E-state index in [1.165, 1.54) is 6.92 Å². The molecule has 0 aliphatic carbocycles. The van der Waals surface area contributed by atoms with Crippen molar-refractivity contribution in [1.82, 2.24) is 10.6 Å². The van der Waals surface area contributed by atoms with Gasteiger partial charge < -0.3 is 10.6 Å². The highest BCUT2D eigenvalue weighted by Gasteiger charge is 2.28. The molecule has 0 radical (unpaired) electrons. The van der Waals surface area contributed by atoms with Crippen LogP contribution in [-0.4, -0.2) is 23.9 Å². The quantitative estimate of drug-likeness (QED) is 0.592. The molecule has 1 aliphatic rings. The third-order valence-corrected chi connectivity index (χ3v) is 1.79. The largest absolute Gasteiger partial charge is 0.334 e. The van der Waals surface area contributed by atoms with Crippen molar-refractivity contribution in [2.45, 2.75) is 32.4 Å². The third-order valence-electron chi connectivity index (χ3n) is 1.79. The number of hydrogen-bond donors (Lipinski definition) is 2. The first kappa shape index (κ1) is 8.04. The van der Waals surface area contributed by atoms with E-state index in [0.717, 1.165) is 0 Å². The maximum Gasteiger partial charge on any atom is 0.315 e. The van der Waals surface area contributed by atoms with E-state index in [2.05, 4.69) is 10.6 Å². The molecule has 2 unspecified atom stereocenters. The van der Waals surface area contributed by atoms with Crippen molar-refractivity contribution in [3.05, 3.63) is 0 Å². The lowest BCUT2D eigenvalue weighted by Gasteiger charge is -2.10. The summed E-state index contributed by atoms with van der Waals surface area (Å²) in [5.74, 6) is 0.103. The molecule has 0 aromatic heterocycles. The standard InChI is InChI=1S/C7H12N2O2/c1-4(10)3-6-5(2)8-7(11)9-6/h5-6H,3H2,1-2H3,(H2,8,9,11). The molecule has 1 heterocycles. The van der Waals surface area contributed by atoms with Crippen LogP contribution in [0, 0.1) is 0 Å². The van der Waals surface area contributed by atoms with Crippen molar-refractivity contribution in [2.75, 3.05) is 0 Å². The molecule has 0 aromatic carbocycles. The predicted molar refractivity (Wildman–Crippen MR) is 40.2 cm³/mol. The average Bonchev–Trinajstić information content (AvgIpc) is 2.09. The van der Waals surface area contributed by atoms with Crippen LogP contribution in [0.3, 0.4) is 0 Å². The Hall–Kier alpha value is -1.06. The van der Waals surface area contributed by atoms with Crippen LogP contribution in [0.1, 0.15) is 20.3 Å². The Morgan fingerprint density at radius 2 is 2.18 bits per heavy atom. The van der Waals surface area contributed by atoms with Crippen LogP contribution < -0.4 is 10.6 Å². The second-order valence-corrected chi connectivity index (χ2v) is 2.92. The van der Waals surface area contributed by atoms with E-state index in [1.54, 1.807) is 0 Å². The molecular formula is C7H12N2O2. The monoisotopic (exact) mass is 156 g/mol. The van der Waals surface area contributed by atoms with Gasteiger partial charge in [-0.15, -0.1) is 0 Å². The first-order valence-corrected chi connectivity index (χ1v) is 3.66. The van der Waals surface area contributed by atoms with Gasteiger partial charge >= 0.3 is 6.03 Å². The van der Waals surface area contributed by atoms with E-state index in [0.29, 0.717) is 6.42 Å². The fraction of sp³-hybridized carbons (Fsp3) is 0.714. The minimum Gasteiger partial charge on any atom is -0.334 e. The molecule has 0 spiro atoms. The van der Waals surface area contributed by atoms with Crippen molar-refractivity contribution in [3.63, 3.8) is 0 Å². The summed E-state index contributed by atoms with van der Waals surface area (Å²) in [6.07, 6.45) is 0.417. The summed E-state index contributed by atoms with van der Waals surface area (Å²) in [6.45, 7) is 3.41. The Kier molecular flexibility index (Phi) is 2.12. The molecule has 0 saturated carbocycles. The van der Waals surface area contributed by atoms with Crippen LogP contribution in [0.4, 0.5) is 4.79 Å². The topological polar surface area (TPSA) is 58.2 Å². The SMILES string of the molecule is CC(=O)CC1NC(=O)NC1C. The summed E-state index contributed by atoms with van der Waals surface area (Å²) in [5, 5.41) is 5.33. The first-order chi connectivity index (χ1) is 5.09. The van der Waals surface area contributed by atoms with E-state index in [1.807, 2.05) is 6.92 Å². The smallest absolute Gasteiger partial charge is 0.315 e. The zero-order valence-corrected chi connectivity index (χ0v) is 6.68. The molecule has 62 valence electrons. The van der Waals surface area contributed by atoms with Crippen LogP contribution in [0.5, 0.6) is 0 Å². The molecule has 2 N–H and O–H groups in total. The summed E-state index contributed by atoms with van der Waals surface area (Å²) >= 11 is 0. The minimum atomic E-state index is -0.177. The highest BCUT2D eigenvalue weighted by atomic mass is 16.2. The molecule has 1 saturated heterocycles. The lowest BCUT2D eigenvalue weighted by molar-refractivity contribution is -0.117. The van der Waals surface area contributed by atoms with Crippen LogP contribution >= 0.6 is 0 Å². The molecule has 4 heteroatoms. The van der Waals surface area contributed by atoms with Crippen LogP contribution in [-0.2, 0) is 4.79 Å². The van der Waals surface area contributed by atoms with Gasteiger partial charge in [0.2, 0.25) is 0 Å². The number of hydrogen-bond acceptors (Lipinski definition) is 2. The van der Waals surface area contributed by atoms with Gasteiger partial charge in [-0.2, -0.15) is 0 Å². The summed E-state index contributed by atoms with van der Waals surface area (Å²) in [5.41, 5.74) is 0. The number of Topliss-reactive ketones (excluding diaryl/α,β-unsaturated/α-hetero) is 1. The van der Waals surface area contributed by atoms with Gasteiger partial charge in [-0.1, -0.05) is 0 Å². The lowest BCUT2D eigenvalue weighted by atomic mass is 10.1. The van der Waals surface area contributed by atoms with Gasteiger partial charge in [0.25, 0.3) is 0 Å². The second kappa shape index (κ2) is 2.90. The second-order valence-electron chi connectivity index (χ2n) is 2.92. The molecule has 4 nitrogen and oxygen atoms in total. The molecule has 1 fully saturated rings. The summed E-state index contributed by atoms with van der Waals surface area (Å²) in [6, 6.07) is -0.143. The summed E-state index contributed by atoms with van der Waals surface area (Å²) in [4.78, 5) is 21.4. The Bertz CT molecular complexity index is 191. The Balaban J connectivity index is 2.46. The molecule has 2 amide bonds. The number of rotatable bonds is 2. The van der Waals surface area contributed by atoms with E-state index in [9.17, 15) is 9.59 Å². The zero-order valence-electron chi connectivity index (χ0n) is 6.68. The van der Waals surface area contributed by atoms with Crippen LogP contribution in [0.2, 0.25) is 0 Å². The van der Waals surface area contributed by atoms with Crippen molar-refractivity contribution >= 4 is 11.8 Å². The van der Waals surface area contributed by atoms with Gasteiger partial charge in [0, 0.05) is 12.5 Å². The van der Waals surface area contributed by atoms with Gasteiger partial charge in [-0.25, -0.2) is 4.79 Å². The highest BCUT2D eigenvalue weighted by Crippen LogP contribution is 2.04. The average molecular weight is 156 g/mol. The maximum absolute atomic E-state index is 10.7. The van der Waals surface area contributed by atoms with Crippen molar-refractivity contribution in [2.24, 2.45) is 0 Å². The van der Waals surface area contributed by atoms with E-state index in [-0.39, 0.29) is 23.9 Å². The number of carbonyl (C=O) groups excluding carboxylic acids is 2. The number of carbonyl (C=O) groups is 2. The number of urea groups is 1. The van der Waals surface area contributed by atoms with E-state index in [4.69, 9.17) is 0 Å². The van der Waals surface area contributed by atoms with Gasteiger partial charge in [-0.3, -0.25) is 4.79 Å². The molecule has 1 rings (SSSR count). The van der Waals surface area contributed by atoms with Crippen LogP contribution in [0.15, 0.2) is 0 Å². The normalized spacial score (nSPS) is 29.5. The van der Waals surface area contributed by atoms with Gasteiger partial charge in [0.15, 0.2) is 0 Å². The fourth-order valence-corrected chi connectivity index (χ4v) is 1.18. The molecule has 0 aromatic rings. The molecule has 1 aliphatic heterocycles. The third kappa shape index (κ3) is 1.93. The van der Waals surface area contributed by atoms with Crippen molar-refractivity contribution in [3.8, 4) is 0 Å². The Morgan fingerprint density at radius 3 is 2.55 bits per heavy atom. The highest BCUT2D eigenvalue weighted by molar-refractivity contribution is 5.81. The maximum atomic E-state index is 10.7. The van der Waals surface area contributed by atoms with E-state index < -0.39 is 0 Å². The molecular weight excluding hydrogens is 144 g/mol. The molecule has 11 heavy (non-hydrogen) atoms. The number of amides is 2. The van der Waals surface area contributed by atoms with Gasteiger partial charge in [-0.05, 0) is 13.8 Å². The number of ketones is 1. The van der Waals surface area contributed by atoms with Gasteiger partial charge in [0.1, 0.15) is 5.78 Å². The predicted octanol–water partition coefficient (Wildman–Crippen LogP) is 0.0354.